The third-order valence-corrected chi connectivity index (χ3v) is 4.30. The van der Waals surface area contributed by atoms with E-state index in [1.165, 1.54) is 0 Å². The molecule has 1 aromatic rings. The molecular formula is C16H21BrClNO2. The van der Waals surface area contributed by atoms with Crippen LogP contribution in [-0.4, -0.2) is 29.7 Å². The van der Waals surface area contributed by atoms with Gasteiger partial charge in [-0.15, -0.1) is 0 Å². The van der Waals surface area contributed by atoms with E-state index in [1.54, 1.807) is 4.90 Å². The number of hydrogen-bond acceptors (Lipinski definition) is 2. The van der Waals surface area contributed by atoms with Crippen LogP contribution in [0.1, 0.15) is 45.1 Å². The van der Waals surface area contributed by atoms with Gasteiger partial charge < -0.3 is 9.64 Å². The van der Waals surface area contributed by atoms with Crippen LogP contribution in [0.2, 0.25) is 5.02 Å². The summed E-state index contributed by atoms with van der Waals surface area (Å²) >= 11 is 9.75. The van der Waals surface area contributed by atoms with E-state index in [4.69, 9.17) is 16.3 Å². The molecule has 1 fully saturated rings. The fourth-order valence-electron chi connectivity index (χ4n) is 2.56. The lowest BCUT2D eigenvalue weighted by Crippen LogP contribution is -2.42. The topological polar surface area (TPSA) is 29.5 Å². The maximum absolute atomic E-state index is 12.2. The molecule has 3 nitrogen and oxygen atoms in total. The smallest absolute Gasteiger partial charge is 0.410 e. The summed E-state index contributed by atoms with van der Waals surface area (Å²) in [4.78, 5) is 14.0. The van der Waals surface area contributed by atoms with E-state index >= 15 is 0 Å². The predicted molar refractivity (Wildman–Crippen MR) is 88.9 cm³/mol. The lowest BCUT2D eigenvalue weighted by molar-refractivity contribution is 0.0198. The van der Waals surface area contributed by atoms with Gasteiger partial charge in [-0.1, -0.05) is 33.6 Å². The van der Waals surface area contributed by atoms with E-state index in [0.29, 0.717) is 6.54 Å². The third kappa shape index (κ3) is 4.62. The molecule has 0 saturated carbocycles. The summed E-state index contributed by atoms with van der Waals surface area (Å²) in [5, 5.41) is 0.750. The van der Waals surface area contributed by atoms with Crippen LogP contribution in [0.15, 0.2) is 22.7 Å². The zero-order valence-electron chi connectivity index (χ0n) is 12.7. The number of hydrogen-bond donors (Lipinski definition) is 0. The molecule has 1 aliphatic heterocycles. The number of amides is 1. The summed E-state index contributed by atoms with van der Waals surface area (Å²) in [6.45, 7) is 7.07. The highest BCUT2D eigenvalue weighted by atomic mass is 79.9. The Morgan fingerprint density at radius 1 is 1.43 bits per heavy atom. The second-order valence-corrected chi connectivity index (χ2v) is 7.75. The van der Waals surface area contributed by atoms with E-state index < -0.39 is 5.60 Å². The van der Waals surface area contributed by atoms with Crippen LogP contribution in [-0.2, 0) is 4.74 Å². The molecule has 1 aliphatic rings. The predicted octanol–water partition coefficient (Wildman–Crippen LogP) is 5.22. The van der Waals surface area contributed by atoms with Crippen molar-refractivity contribution in [2.24, 2.45) is 0 Å². The Balaban J connectivity index is 2.08. The van der Waals surface area contributed by atoms with E-state index in [2.05, 4.69) is 15.9 Å². The average molecular weight is 375 g/mol. The minimum atomic E-state index is -0.459. The minimum Gasteiger partial charge on any atom is -0.444 e. The summed E-state index contributed by atoms with van der Waals surface area (Å²) in [7, 11) is 0. The molecule has 116 valence electrons. The molecule has 1 saturated heterocycles. The normalized spacial score (nSPS) is 19.5. The fraction of sp³-hybridized carbons (Fsp3) is 0.562. The first-order valence-corrected chi connectivity index (χ1v) is 8.36. The summed E-state index contributed by atoms with van der Waals surface area (Å²) in [6, 6.07) is 5.94. The first-order chi connectivity index (χ1) is 9.76. The molecule has 1 unspecified atom stereocenters. The van der Waals surface area contributed by atoms with Crippen molar-refractivity contribution in [1.29, 1.82) is 0 Å². The lowest BCUT2D eigenvalue weighted by atomic mass is 9.91. The Kier molecular flexibility index (Phi) is 5.20. The number of rotatable bonds is 1. The number of halogens is 2. The SMILES string of the molecule is CC(C)(C)OC(=O)N1CCCC(c2ccc(Br)cc2Cl)C1. The molecule has 2 rings (SSSR count). The van der Waals surface area contributed by atoms with Crippen molar-refractivity contribution in [2.45, 2.75) is 45.1 Å². The van der Waals surface area contributed by atoms with Crippen LogP contribution in [0.3, 0.4) is 0 Å². The van der Waals surface area contributed by atoms with Crippen molar-refractivity contribution < 1.29 is 9.53 Å². The molecule has 0 N–H and O–H groups in total. The molecule has 0 bridgehead atoms. The van der Waals surface area contributed by atoms with Crippen molar-refractivity contribution in [3.8, 4) is 0 Å². The number of carbonyl (C=O) groups is 1. The molecule has 0 spiro atoms. The molecule has 1 atom stereocenters. The van der Waals surface area contributed by atoms with Crippen molar-refractivity contribution in [3.05, 3.63) is 33.3 Å². The zero-order chi connectivity index (χ0) is 15.6. The van der Waals surface area contributed by atoms with Crippen LogP contribution < -0.4 is 0 Å². The van der Waals surface area contributed by atoms with Gasteiger partial charge in [0.2, 0.25) is 0 Å². The van der Waals surface area contributed by atoms with E-state index in [9.17, 15) is 4.79 Å². The number of benzene rings is 1. The largest absolute Gasteiger partial charge is 0.444 e. The molecule has 21 heavy (non-hydrogen) atoms. The maximum atomic E-state index is 12.2. The highest BCUT2D eigenvalue weighted by molar-refractivity contribution is 9.10. The van der Waals surface area contributed by atoms with Gasteiger partial charge in [-0.2, -0.15) is 0 Å². The summed E-state index contributed by atoms with van der Waals surface area (Å²) in [5.74, 6) is 0.270. The summed E-state index contributed by atoms with van der Waals surface area (Å²) in [6.07, 6.45) is 1.78. The molecule has 5 heteroatoms. The number of nitrogens with zero attached hydrogens (tertiary/aromatic N) is 1. The van der Waals surface area contributed by atoms with Crippen LogP contribution in [0.5, 0.6) is 0 Å². The highest BCUT2D eigenvalue weighted by Crippen LogP contribution is 2.33. The van der Waals surface area contributed by atoms with Crippen molar-refractivity contribution >= 4 is 33.6 Å². The number of piperidine rings is 1. The number of likely N-dealkylation sites (tertiary alicyclic amines) is 1. The lowest BCUT2D eigenvalue weighted by Gasteiger charge is -2.34. The minimum absolute atomic E-state index is 0.236. The highest BCUT2D eigenvalue weighted by Gasteiger charge is 2.29. The van der Waals surface area contributed by atoms with Crippen molar-refractivity contribution in [1.82, 2.24) is 4.90 Å². The second kappa shape index (κ2) is 6.57. The second-order valence-electron chi connectivity index (χ2n) is 6.43. The molecule has 0 radical (unpaired) electrons. The van der Waals surface area contributed by atoms with Gasteiger partial charge >= 0.3 is 6.09 Å². The van der Waals surface area contributed by atoms with E-state index in [1.807, 2.05) is 39.0 Å². The Labute approximate surface area is 139 Å². The van der Waals surface area contributed by atoms with Gasteiger partial charge in [0.05, 0.1) is 0 Å². The fourth-order valence-corrected chi connectivity index (χ4v) is 3.38. The number of carbonyl (C=O) groups excluding carboxylic acids is 1. The van der Waals surface area contributed by atoms with Gasteiger partial charge in [0.15, 0.2) is 0 Å². The summed E-state index contributed by atoms with van der Waals surface area (Å²) in [5.41, 5.74) is 0.646. The Bertz CT molecular complexity index is 527. The van der Waals surface area contributed by atoms with Crippen LogP contribution in [0.4, 0.5) is 4.79 Å². The molecular weight excluding hydrogens is 354 g/mol. The first-order valence-electron chi connectivity index (χ1n) is 7.19. The van der Waals surface area contributed by atoms with Gasteiger partial charge in [-0.25, -0.2) is 4.79 Å². The van der Waals surface area contributed by atoms with E-state index in [0.717, 1.165) is 34.4 Å². The average Bonchev–Trinajstić information content (AvgIpc) is 2.37. The monoisotopic (exact) mass is 373 g/mol. The third-order valence-electron chi connectivity index (χ3n) is 3.48. The Morgan fingerprint density at radius 3 is 2.76 bits per heavy atom. The Hall–Kier alpha value is -0.740. The molecule has 1 aromatic carbocycles. The Morgan fingerprint density at radius 2 is 2.14 bits per heavy atom. The van der Waals surface area contributed by atoms with Crippen LogP contribution in [0.25, 0.3) is 0 Å². The quantitative estimate of drug-likeness (QED) is 0.674. The number of ether oxygens (including phenoxy) is 1. The van der Waals surface area contributed by atoms with Gasteiger partial charge in [0.1, 0.15) is 5.60 Å². The van der Waals surface area contributed by atoms with Crippen LogP contribution in [0, 0.1) is 0 Å². The van der Waals surface area contributed by atoms with Crippen molar-refractivity contribution in [3.63, 3.8) is 0 Å². The van der Waals surface area contributed by atoms with Gasteiger partial charge in [0, 0.05) is 28.5 Å². The van der Waals surface area contributed by atoms with Gasteiger partial charge in [0.25, 0.3) is 0 Å². The molecule has 1 amide bonds. The molecule has 0 aromatic heterocycles. The van der Waals surface area contributed by atoms with Gasteiger partial charge in [-0.3, -0.25) is 0 Å². The standard InChI is InChI=1S/C16H21BrClNO2/c1-16(2,3)21-15(20)19-8-4-5-11(10-19)13-7-6-12(17)9-14(13)18/h6-7,9,11H,4-5,8,10H2,1-3H3. The van der Waals surface area contributed by atoms with E-state index in [-0.39, 0.29) is 12.0 Å². The summed E-state index contributed by atoms with van der Waals surface area (Å²) < 4.78 is 6.43. The van der Waals surface area contributed by atoms with Gasteiger partial charge in [-0.05, 0) is 51.3 Å². The first kappa shape index (κ1) is 16.6. The molecule has 1 heterocycles. The molecule has 0 aliphatic carbocycles. The van der Waals surface area contributed by atoms with Crippen LogP contribution >= 0.6 is 27.5 Å². The zero-order valence-corrected chi connectivity index (χ0v) is 15.0. The maximum Gasteiger partial charge on any atom is 0.410 e. The van der Waals surface area contributed by atoms with Crippen molar-refractivity contribution in [2.75, 3.05) is 13.1 Å².